The van der Waals surface area contributed by atoms with Crippen LogP contribution in [-0.4, -0.2) is 30.4 Å². The number of hydrogen-bond donors (Lipinski definition) is 2. The molecule has 1 aliphatic rings. The summed E-state index contributed by atoms with van der Waals surface area (Å²) in [4.78, 5) is 41.5. The first-order valence-corrected chi connectivity index (χ1v) is 11.7. The van der Waals surface area contributed by atoms with Crippen molar-refractivity contribution in [2.75, 3.05) is 22.1 Å². The van der Waals surface area contributed by atoms with Crippen LogP contribution >= 0.6 is 0 Å². The number of carbonyl (C=O) groups excluding carboxylic acids is 3. The summed E-state index contributed by atoms with van der Waals surface area (Å²) in [7, 11) is 0. The zero-order valence-corrected chi connectivity index (χ0v) is 19.9. The fraction of sp³-hybridized carbons (Fsp3) is 0.179. The average molecular weight is 484 g/mol. The molecule has 0 fully saturated rings. The summed E-state index contributed by atoms with van der Waals surface area (Å²) in [6.07, 6.45) is -0.258. The van der Waals surface area contributed by atoms with Crippen LogP contribution in [0.3, 0.4) is 0 Å². The first-order chi connectivity index (χ1) is 17.5. The van der Waals surface area contributed by atoms with Crippen molar-refractivity contribution in [3.8, 4) is 5.75 Å². The van der Waals surface area contributed by atoms with Gasteiger partial charge in [0.15, 0.2) is 5.76 Å². The lowest BCUT2D eigenvalue weighted by atomic mass is 10.0. The number of anilines is 3. The van der Waals surface area contributed by atoms with Crippen LogP contribution in [-0.2, 0) is 9.59 Å². The van der Waals surface area contributed by atoms with E-state index in [1.807, 2.05) is 31.2 Å². The lowest BCUT2D eigenvalue weighted by Crippen LogP contribution is -2.52. The van der Waals surface area contributed by atoms with Gasteiger partial charge >= 0.3 is 0 Å². The highest BCUT2D eigenvalue weighted by molar-refractivity contribution is 6.18. The van der Waals surface area contributed by atoms with E-state index >= 15 is 0 Å². The zero-order valence-electron chi connectivity index (χ0n) is 19.9. The summed E-state index contributed by atoms with van der Waals surface area (Å²) in [6, 6.07) is 20.3. The number of ether oxygens (including phenoxy) is 1. The SMILES string of the molecule is CCOc1ccccc1NC(=O)CC1C(=O)Nc2ccccc2N1C(=O)c1oc2ccccc2c1C. The quantitative estimate of drug-likeness (QED) is 0.396. The van der Waals surface area contributed by atoms with Crippen LogP contribution in [0.25, 0.3) is 11.0 Å². The van der Waals surface area contributed by atoms with Gasteiger partial charge in [-0.05, 0) is 44.2 Å². The minimum Gasteiger partial charge on any atom is -0.492 e. The molecule has 4 aromatic rings. The first-order valence-electron chi connectivity index (χ1n) is 11.7. The molecular formula is C28H25N3O5. The maximum absolute atomic E-state index is 13.9. The Morgan fingerprint density at radius 2 is 1.75 bits per heavy atom. The Hall–Kier alpha value is -4.59. The lowest BCUT2D eigenvalue weighted by molar-refractivity contribution is -0.122. The Morgan fingerprint density at radius 3 is 2.56 bits per heavy atom. The highest BCUT2D eigenvalue weighted by atomic mass is 16.5. The molecule has 0 aliphatic carbocycles. The second kappa shape index (κ2) is 9.58. The Bertz CT molecular complexity index is 1480. The molecule has 3 amide bonds. The van der Waals surface area contributed by atoms with Crippen molar-refractivity contribution in [2.24, 2.45) is 0 Å². The van der Waals surface area contributed by atoms with E-state index < -0.39 is 23.8 Å². The number of furan rings is 1. The fourth-order valence-electron chi connectivity index (χ4n) is 4.44. The van der Waals surface area contributed by atoms with Crippen LogP contribution in [0.2, 0.25) is 0 Å². The van der Waals surface area contributed by atoms with E-state index in [1.165, 1.54) is 4.90 Å². The van der Waals surface area contributed by atoms with E-state index in [9.17, 15) is 14.4 Å². The molecular weight excluding hydrogens is 458 g/mol. The minimum absolute atomic E-state index is 0.132. The Morgan fingerprint density at radius 1 is 1.03 bits per heavy atom. The number of aryl methyl sites for hydroxylation is 1. The number of para-hydroxylation sites is 5. The summed E-state index contributed by atoms with van der Waals surface area (Å²) in [6.45, 7) is 4.10. The van der Waals surface area contributed by atoms with Crippen LogP contribution in [0.15, 0.2) is 77.2 Å². The van der Waals surface area contributed by atoms with Crippen molar-refractivity contribution in [3.05, 3.63) is 84.1 Å². The minimum atomic E-state index is -1.08. The van der Waals surface area contributed by atoms with Gasteiger partial charge in [0.25, 0.3) is 5.91 Å². The number of nitrogens with one attached hydrogen (secondary N) is 2. The van der Waals surface area contributed by atoms with Gasteiger partial charge in [-0.25, -0.2) is 0 Å². The molecule has 5 rings (SSSR count). The second-order valence-electron chi connectivity index (χ2n) is 8.43. The molecule has 3 aromatic carbocycles. The Balaban J connectivity index is 1.50. The van der Waals surface area contributed by atoms with Gasteiger partial charge in [0.1, 0.15) is 17.4 Å². The van der Waals surface area contributed by atoms with Crippen LogP contribution < -0.4 is 20.3 Å². The summed E-state index contributed by atoms with van der Waals surface area (Å²) < 4.78 is 11.5. The summed E-state index contributed by atoms with van der Waals surface area (Å²) in [5, 5.41) is 6.45. The van der Waals surface area contributed by atoms with Crippen LogP contribution in [0.5, 0.6) is 5.75 Å². The third-order valence-electron chi connectivity index (χ3n) is 6.13. The number of fused-ring (bicyclic) bond motifs is 2. The molecule has 2 heterocycles. The van der Waals surface area contributed by atoms with Gasteiger partial charge in [0, 0.05) is 10.9 Å². The monoisotopic (exact) mass is 483 g/mol. The summed E-state index contributed by atoms with van der Waals surface area (Å²) in [5.74, 6) is -0.714. The number of hydrogen-bond acceptors (Lipinski definition) is 5. The van der Waals surface area contributed by atoms with Crippen LogP contribution in [0.1, 0.15) is 29.5 Å². The molecule has 0 spiro atoms. The third-order valence-corrected chi connectivity index (χ3v) is 6.13. The average Bonchev–Trinajstić information content (AvgIpc) is 3.22. The predicted molar refractivity (Wildman–Crippen MR) is 137 cm³/mol. The molecule has 0 saturated carbocycles. The van der Waals surface area contributed by atoms with Crippen LogP contribution in [0.4, 0.5) is 17.1 Å². The van der Waals surface area contributed by atoms with Crippen molar-refractivity contribution >= 4 is 45.8 Å². The molecule has 36 heavy (non-hydrogen) atoms. The number of amides is 3. The molecule has 1 aliphatic heterocycles. The molecule has 8 nitrogen and oxygen atoms in total. The Labute approximate surface area is 207 Å². The summed E-state index contributed by atoms with van der Waals surface area (Å²) >= 11 is 0. The van der Waals surface area contributed by atoms with Gasteiger partial charge in [-0.3, -0.25) is 19.3 Å². The van der Waals surface area contributed by atoms with E-state index in [2.05, 4.69) is 10.6 Å². The second-order valence-corrected chi connectivity index (χ2v) is 8.43. The van der Waals surface area contributed by atoms with E-state index in [1.54, 1.807) is 55.5 Å². The maximum Gasteiger partial charge on any atom is 0.295 e. The number of rotatable bonds is 6. The molecule has 0 bridgehead atoms. The van der Waals surface area contributed by atoms with Gasteiger partial charge < -0.3 is 19.8 Å². The molecule has 182 valence electrons. The smallest absolute Gasteiger partial charge is 0.295 e. The molecule has 1 unspecified atom stereocenters. The number of carbonyl (C=O) groups is 3. The van der Waals surface area contributed by atoms with Crippen molar-refractivity contribution in [3.63, 3.8) is 0 Å². The van der Waals surface area contributed by atoms with E-state index in [-0.39, 0.29) is 12.2 Å². The van der Waals surface area contributed by atoms with Crippen molar-refractivity contribution in [2.45, 2.75) is 26.3 Å². The van der Waals surface area contributed by atoms with E-state index in [4.69, 9.17) is 9.15 Å². The predicted octanol–water partition coefficient (Wildman–Crippen LogP) is 5.14. The largest absolute Gasteiger partial charge is 0.492 e. The zero-order chi connectivity index (χ0) is 25.2. The molecule has 1 atom stereocenters. The summed E-state index contributed by atoms with van der Waals surface area (Å²) in [5.41, 5.74) is 2.73. The first kappa shape index (κ1) is 23.2. The van der Waals surface area contributed by atoms with Gasteiger partial charge in [0.2, 0.25) is 11.8 Å². The normalized spacial score (nSPS) is 14.8. The van der Waals surface area contributed by atoms with Gasteiger partial charge in [0.05, 0.1) is 30.1 Å². The van der Waals surface area contributed by atoms with E-state index in [0.717, 1.165) is 5.39 Å². The highest BCUT2D eigenvalue weighted by Crippen LogP contribution is 2.36. The topological polar surface area (TPSA) is 101 Å². The van der Waals surface area contributed by atoms with E-state index in [0.29, 0.717) is 40.6 Å². The number of nitrogens with zero attached hydrogens (tertiary/aromatic N) is 1. The van der Waals surface area contributed by atoms with Crippen molar-refractivity contribution in [1.29, 1.82) is 0 Å². The van der Waals surface area contributed by atoms with Gasteiger partial charge in [-0.15, -0.1) is 0 Å². The van der Waals surface area contributed by atoms with Gasteiger partial charge in [-0.2, -0.15) is 0 Å². The molecule has 0 radical (unpaired) electrons. The maximum atomic E-state index is 13.9. The van der Waals surface area contributed by atoms with Gasteiger partial charge in [-0.1, -0.05) is 42.5 Å². The lowest BCUT2D eigenvalue weighted by Gasteiger charge is -2.35. The van der Waals surface area contributed by atoms with Crippen LogP contribution in [0, 0.1) is 6.92 Å². The van der Waals surface area contributed by atoms with Crippen molar-refractivity contribution < 1.29 is 23.5 Å². The third kappa shape index (κ3) is 4.17. The molecule has 2 N–H and O–H groups in total. The highest BCUT2D eigenvalue weighted by Gasteiger charge is 2.40. The molecule has 1 aromatic heterocycles. The fourth-order valence-corrected chi connectivity index (χ4v) is 4.44. The Kier molecular flexibility index (Phi) is 6.16. The molecule has 8 heteroatoms. The molecule has 0 saturated heterocycles. The van der Waals surface area contributed by atoms with Crippen molar-refractivity contribution in [1.82, 2.24) is 0 Å². The number of benzene rings is 3. The standard InChI is InChI=1S/C28H25N3O5/c1-3-35-24-15-9-6-12-20(24)29-25(32)16-22-27(33)30-19-11-5-7-13-21(19)31(22)28(34)26-17(2)18-10-4-8-14-23(18)36-26/h4-15,22H,3,16H2,1-2H3,(H,29,32)(H,30,33).